The average Bonchev–Trinajstić information content (AvgIpc) is 3.40. The maximum absolute atomic E-state index is 13.1. The van der Waals surface area contributed by atoms with Crippen LogP contribution in [0.3, 0.4) is 0 Å². The molecule has 3 heterocycles. The van der Waals surface area contributed by atoms with Gasteiger partial charge in [0.15, 0.2) is 16.5 Å². The van der Waals surface area contributed by atoms with Gasteiger partial charge < -0.3 is 10.5 Å². The van der Waals surface area contributed by atoms with E-state index in [0.717, 1.165) is 5.56 Å². The minimum Gasteiger partial charge on any atom is -0.466 e. The fourth-order valence-electron chi connectivity index (χ4n) is 3.04. The van der Waals surface area contributed by atoms with Crippen molar-refractivity contribution in [3.63, 3.8) is 0 Å². The highest BCUT2D eigenvalue weighted by Crippen LogP contribution is 2.23. The van der Waals surface area contributed by atoms with Crippen LogP contribution in [0.4, 0.5) is 5.13 Å². The summed E-state index contributed by atoms with van der Waals surface area (Å²) in [5, 5.41) is 4.71. The minimum absolute atomic E-state index is 0.0152. The molecule has 3 N–H and O–H groups in total. The fourth-order valence-corrected chi connectivity index (χ4v) is 3.75. The molecule has 3 aromatic heterocycles. The van der Waals surface area contributed by atoms with Crippen molar-refractivity contribution in [2.75, 3.05) is 11.9 Å². The fraction of sp³-hybridized carbons (Fsp3) is 0.143. The van der Waals surface area contributed by atoms with Crippen LogP contribution in [-0.2, 0) is 16.0 Å². The summed E-state index contributed by atoms with van der Waals surface area (Å²) in [5.41, 5.74) is 7.48. The first kappa shape index (κ1) is 21.1. The van der Waals surface area contributed by atoms with Crippen molar-refractivity contribution < 1.29 is 19.1 Å². The molecule has 0 spiro atoms. The number of fused-ring (bicyclic) bond motifs is 1. The maximum atomic E-state index is 13.1. The molecule has 2 amide bonds. The monoisotopic (exact) mass is 450 g/mol. The normalized spacial score (nSPS) is 10.8. The highest BCUT2D eigenvalue weighted by Gasteiger charge is 2.20. The standard InChI is InChI=1S/C21H18N6O4S/c1-2-31-16(28)8-13-10-32-21(24-13)26-20(30)15-9-14(12-6-4-3-5-7-12)25-19-17(18(22)29)23-11-27(15)19/h3-7,9-11H,2,8H2,1H3,(H2,22,29)(H,24,26,30). The summed E-state index contributed by atoms with van der Waals surface area (Å²) in [5.74, 6) is -1.63. The number of carbonyl (C=O) groups is 3. The van der Waals surface area contributed by atoms with Gasteiger partial charge in [-0.25, -0.2) is 15.0 Å². The Morgan fingerprint density at radius 1 is 1.19 bits per heavy atom. The summed E-state index contributed by atoms with van der Waals surface area (Å²) in [6, 6.07) is 10.8. The number of amides is 2. The van der Waals surface area contributed by atoms with Crippen LogP contribution in [-0.4, -0.2) is 43.7 Å². The maximum Gasteiger partial charge on any atom is 0.311 e. The number of anilines is 1. The molecule has 32 heavy (non-hydrogen) atoms. The van der Waals surface area contributed by atoms with E-state index in [1.165, 1.54) is 22.1 Å². The van der Waals surface area contributed by atoms with E-state index >= 15 is 0 Å². The van der Waals surface area contributed by atoms with Gasteiger partial charge in [0.2, 0.25) is 0 Å². The lowest BCUT2D eigenvalue weighted by molar-refractivity contribution is -0.142. The number of primary amides is 1. The Bertz CT molecular complexity index is 1310. The van der Waals surface area contributed by atoms with E-state index < -0.39 is 17.8 Å². The van der Waals surface area contributed by atoms with Crippen LogP contribution < -0.4 is 11.1 Å². The Balaban J connectivity index is 1.69. The summed E-state index contributed by atoms with van der Waals surface area (Å²) in [6.45, 7) is 2.01. The molecule has 0 saturated heterocycles. The number of nitrogens with two attached hydrogens (primary N) is 1. The highest BCUT2D eigenvalue weighted by atomic mass is 32.1. The predicted octanol–water partition coefficient (Wildman–Crippen LogP) is 2.31. The molecule has 4 rings (SSSR count). The Morgan fingerprint density at radius 3 is 2.69 bits per heavy atom. The van der Waals surface area contributed by atoms with Crippen molar-refractivity contribution in [3.8, 4) is 11.3 Å². The molecule has 0 saturated carbocycles. The summed E-state index contributed by atoms with van der Waals surface area (Å²) < 4.78 is 6.31. The van der Waals surface area contributed by atoms with Crippen molar-refractivity contribution in [1.29, 1.82) is 0 Å². The first-order valence-electron chi connectivity index (χ1n) is 9.61. The number of carbonyl (C=O) groups excluding carboxylic acids is 3. The Kier molecular flexibility index (Phi) is 5.90. The van der Waals surface area contributed by atoms with Crippen LogP contribution in [0.1, 0.15) is 33.6 Å². The van der Waals surface area contributed by atoms with Gasteiger partial charge in [0, 0.05) is 10.9 Å². The Hall–Kier alpha value is -4.12. The molecule has 0 unspecified atom stereocenters. The van der Waals surface area contributed by atoms with E-state index in [9.17, 15) is 14.4 Å². The smallest absolute Gasteiger partial charge is 0.311 e. The van der Waals surface area contributed by atoms with Crippen LogP contribution >= 0.6 is 11.3 Å². The number of rotatable bonds is 7. The van der Waals surface area contributed by atoms with Gasteiger partial charge in [-0.3, -0.25) is 24.1 Å². The number of esters is 1. The van der Waals surface area contributed by atoms with Crippen molar-refractivity contribution in [2.24, 2.45) is 5.73 Å². The topological polar surface area (TPSA) is 142 Å². The number of hydrogen-bond acceptors (Lipinski definition) is 8. The highest BCUT2D eigenvalue weighted by molar-refractivity contribution is 7.14. The lowest BCUT2D eigenvalue weighted by Crippen LogP contribution is -2.17. The summed E-state index contributed by atoms with van der Waals surface area (Å²) in [7, 11) is 0. The van der Waals surface area contributed by atoms with Gasteiger partial charge >= 0.3 is 5.97 Å². The minimum atomic E-state index is -0.750. The molecule has 11 heteroatoms. The third-order valence-corrected chi connectivity index (χ3v) is 5.25. The lowest BCUT2D eigenvalue weighted by atomic mass is 10.1. The molecule has 0 aliphatic carbocycles. The third-order valence-electron chi connectivity index (χ3n) is 4.44. The molecular weight excluding hydrogens is 432 g/mol. The molecule has 1 aromatic carbocycles. The Labute approximate surface area is 186 Å². The summed E-state index contributed by atoms with van der Waals surface area (Å²) in [4.78, 5) is 49.3. The predicted molar refractivity (Wildman–Crippen MR) is 117 cm³/mol. The number of hydrogen-bond donors (Lipinski definition) is 2. The van der Waals surface area contributed by atoms with Crippen molar-refractivity contribution >= 4 is 39.9 Å². The SMILES string of the molecule is CCOC(=O)Cc1csc(NC(=O)c2cc(-c3ccccc3)nc3c(C(N)=O)ncn23)n1. The Morgan fingerprint density at radius 2 is 1.97 bits per heavy atom. The molecule has 162 valence electrons. The van der Waals surface area contributed by atoms with E-state index in [4.69, 9.17) is 10.5 Å². The van der Waals surface area contributed by atoms with E-state index in [0.29, 0.717) is 16.5 Å². The molecule has 0 atom stereocenters. The van der Waals surface area contributed by atoms with E-state index in [2.05, 4.69) is 20.3 Å². The molecule has 0 fully saturated rings. The first-order chi connectivity index (χ1) is 15.5. The zero-order chi connectivity index (χ0) is 22.7. The van der Waals surface area contributed by atoms with Crippen LogP contribution in [0.15, 0.2) is 48.1 Å². The zero-order valence-corrected chi connectivity index (χ0v) is 17.8. The average molecular weight is 450 g/mol. The van der Waals surface area contributed by atoms with E-state index in [-0.39, 0.29) is 30.1 Å². The number of benzene rings is 1. The van der Waals surface area contributed by atoms with Gasteiger partial charge in [-0.05, 0) is 13.0 Å². The quantitative estimate of drug-likeness (QED) is 0.412. The van der Waals surface area contributed by atoms with Gasteiger partial charge in [-0.15, -0.1) is 11.3 Å². The van der Waals surface area contributed by atoms with Gasteiger partial charge in [0.1, 0.15) is 12.0 Å². The van der Waals surface area contributed by atoms with Crippen molar-refractivity contribution in [3.05, 3.63) is 65.2 Å². The number of nitrogens with zero attached hydrogens (tertiary/aromatic N) is 4. The zero-order valence-electron chi connectivity index (χ0n) is 16.9. The van der Waals surface area contributed by atoms with Crippen molar-refractivity contribution in [1.82, 2.24) is 19.4 Å². The second-order valence-corrected chi connectivity index (χ2v) is 7.48. The second-order valence-electron chi connectivity index (χ2n) is 6.62. The third kappa shape index (κ3) is 4.32. The van der Waals surface area contributed by atoms with Gasteiger partial charge in [0.25, 0.3) is 11.8 Å². The first-order valence-corrected chi connectivity index (χ1v) is 10.5. The van der Waals surface area contributed by atoms with E-state index in [1.807, 2.05) is 30.3 Å². The molecule has 4 aromatic rings. The molecular formula is C21H18N6O4S. The molecule has 0 aliphatic heterocycles. The van der Waals surface area contributed by atoms with Crippen LogP contribution in [0, 0.1) is 0 Å². The second kappa shape index (κ2) is 8.94. The van der Waals surface area contributed by atoms with Crippen molar-refractivity contribution in [2.45, 2.75) is 13.3 Å². The number of thiazole rings is 1. The van der Waals surface area contributed by atoms with Gasteiger partial charge in [-0.2, -0.15) is 0 Å². The molecule has 0 radical (unpaired) electrons. The largest absolute Gasteiger partial charge is 0.466 e. The molecule has 10 nitrogen and oxygen atoms in total. The van der Waals surface area contributed by atoms with Crippen LogP contribution in [0.25, 0.3) is 16.9 Å². The summed E-state index contributed by atoms with van der Waals surface area (Å²) in [6.07, 6.45) is 1.33. The van der Waals surface area contributed by atoms with E-state index in [1.54, 1.807) is 18.4 Å². The summed E-state index contributed by atoms with van der Waals surface area (Å²) >= 11 is 1.18. The van der Waals surface area contributed by atoms with Gasteiger partial charge in [-0.1, -0.05) is 30.3 Å². The molecule has 0 bridgehead atoms. The number of nitrogens with one attached hydrogen (secondary N) is 1. The molecule has 0 aliphatic rings. The van der Waals surface area contributed by atoms with Gasteiger partial charge in [0.05, 0.1) is 24.4 Å². The number of aromatic nitrogens is 4. The lowest BCUT2D eigenvalue weighted by Gasteiger charge is -2.09. The van der Waals surface area contributed by atoms with Crippen LogP contribution in [0.2, 0.25) is 0 Å². The van der Waals surface area contributed by atoms with Crippen LogP contribution in [0.5, 0.6) is 0 Å². The number of imidazole rings is 1. The number of ether oxygens (including phenoxy) is 1.